The predicted molar refractivity (Wildman–Crippen MR) is 69.7 cm³/mol. The summed E-state index contributed by atoms with van der Waals surface area (Å²) < 4.78 is 5.58. The molecule has 1 N–H and O–H groups in total. The van der Waals surface area contributed by atoms with Crippen LogP contribution in [0.2, 0.25) is 0 Å². The summed E-state index contributed by atoms with van der Waals surface area (Å²) in [5, 5.41) is 9.66. The largest absolute Gasteiger partial charge is 0.388 e. The lowest BCUT2D eigenvalue weighted by molar-refractivity contribution is -0.0791. The molecule has 0 spiro atoms. The van der Waals surface area contributed by atoms with Gasteiger partial charge >= 0.3 is 0 Å². The molecule has 0 heterocycles. The van der Waals surface area contributed by atoms with Gasteiger partial charge in [0.15, 0.2) is 0 Å². The smallest absolute Gasteiger partial charge is 0.0849 e. The lowest BCUT2D eigenvalue weighted by atomic mass is 10.0. The van der Waals surface area contributed by atoms with Crippen LogP contribution in [0, 0.1) is 0 Å². The van der Waals surface area contributed by atoms with Crippen LogP contribution in [0.5, 0.6) is 0 Å². The van der Waals surface area contributed by atoms with Gasteiger partial charge in [0.05, 0.1) is 11.7 Å². The lowest BCUT2D eigenvalue weighted by Crippen LogP contribution is -2.35. The van der Waals surface area contributed by atoms with E-state index in [0.29, 0.717) is 0 Å². The molecule has 0 amide bonds. The highest BCUT2D eigenvalue weighted by Crippen LogP contribution is 2.13. The van der Waals surface area contributed by atoms with Crippen molar-refractivity contribution in [1.29, 1.82) is 0 Å². The molecule has 2 nitrogen and oxygen atoms in total. The Labute approximate surface area is 101 Å². The molecule has 0 aliphatic carbocycles. The lowest BCUT2D eigenvalue weighted by Gasteiger charge is -2.25. The van der Waals surface area contributed by atoms with E-state index >= 15 is 0 Å². The van der Waals surface area contributed by atoms with Crippen LogP contribution in [-0.2, 0) is 4.74 Å². The fourth-order valence-corrected chi connectivity index (χ4v) is 1.52. The van der Waals surface area contributed by atoms with Crippen molar-refractivity contribution >= 4 is 0 Å². The fourth-order valence-electron chi connectivity index (χ4n) is 1.52. The van der Waals surface area contributed by atoms with Gasteiger partial charge in [0, 0.05) is 6.61 Å². The summed E-state index contributed by atoms with van der Waals surface area (Å²) in [5.41, 5.74) is -0.721. The minimum Gasteiger partial charge on any atom is -0.388 e. The second kappa shape index (κ2) is 9.00. The molecule has 1 unspecified atom stereocenters. The Bertz CT molecular complexity index is 149. The highest BCUT2D eigenvalue weighted by molar-refractivity contribution is 4.73. The first kappa shape index (κ1) is 15.9. The van der Waals surface area contributed by atoms with Crippen molar-refractivity contribution in [3.63, 3.8) is 0 Å². The van der Waals surface area contributed by atoms with Crippen molar-refractivity contribution < 1.29 is 9.84 Å². The van der Waals surface area contributed by atoms with Crippen molar-refractivity contribution in [3.8, 4) is 0 Å². The van der Waals surface area contributed by atoms with Gasteiger partial charge in [0.1, 0.15) is 0 Å². The zero-order valence-electron chi connectivity index (χ0n) is 11.6. The van der Waals surface area contributed by atoms with E-state index in [1.54, 1.807) is 13.8 Å². The quantitative estimate of drug-likeness (QED) is 0.576. The number of ether oxygens (including phenoxy) is 1. The molecule has 1 atom stereocenters. The maximum Gasteiger partial charge on any atom is 0.0849 e. The monoisotopic (exact) mass is 230 g/mol. The number of hydrogen-bond donors (Lipinski definition) is 1. The van der Waals surface area contributed by atoms with Crippen LogP contribution in [0.25, 0.3) is 0 Å². The van der Waals surface area contributed by atoms with Crippen molar-refractivity contribution in [2.75, 3.05) is 6.61 Å². The van der Waals surface area contributed by atoms with Gasteiger partial charge in [-0.05, 0) is 27.2 Å². The van der Waals surface area contributed by atoms with E-state index < -0.39 is 5.60 Å². The third-order valence-corrected chi connectivity index (χ3v) is 3.11. The summed E-state index contributed by atoms with van der Waals surface area (Å²) in [6, 6.07) is 0. The van der Waals surface area contributed by atoms with Gasteiger partial charge in [0.25, 0.3) is 0 Å². The zero-order chi connectivity index (χ0) is 12.4. The highest BCUT2D eigenvalue weighted by atomic mass is 16.5. The molecule has 2 heteroatoms. The van der Waals surface area contributed by atoms with Gasteiger partial charge in [-0.15, -0.1) is 0 Å². The zero-order valence-corrected chi connectivity index (χ0v) is 11.6. The first-order valence-corrected chi connectivity index (χ1v) is 6.82. The molecule has 0 fully saturated rings. The molecular weight excluding hydrogens is 200 g/mol. The molecule has 98 valence electrons. The van der Waals surface area contributed by atoms with Crippen LogP contribution >= 0.6 is 0 Å². The van der Waals surface area contributed by atoms with Crippen molar-refractivity contribution in [2.45, 2.75) is 84.3 Å². The normalized spacial score (nSPS) is 14.1. The Kier molecular flexibility index (Phi) is 8.96. The molecule has 0 radical (unpaired) electrons. The third kappa shape index (κ3) is 9.17. The Hall–Kier alpha value is -0.0800. The standard InChI is InChI=1S/C14H30O2/c1-5-6-7-8-9-10-11-12-16-13(2)14(3,4)15/h13,15H,5-12H2,1-4H3. The average molecular weight is 230 g/mol. The van der Waals surface area contributed by atoms with Crippen LogP contribution in [0.3, 0.4) is 0 Å². The summed E-state index contributed by atoms with van der Waals surface area (Å²) in [5.74, 6) is 0. The van der Waals surface area contributed by atoms with E-state index in [-0.39, 0.29) is 6.10 Å². The van der Waals surface area contributed by atoms with Gasteiger partial charge in [-0.2, -0.15) is 0 Å². The van der Waals surface area contributed by atoms with E-state index in [4.69, 9.17) is 4.74 Å². The Morgan fingerprint density at radius 2 is 1.50 bits per heavy atom. The molecule has 0 aromatic carbocycles. The molecule has 0 aromatic rings. The van der Waals surface area contributed by atoms with E-state index in [9.17, 15) is 5.11 Å². The molecule has 16 heavy (non-hydrogen) atoms. The summed E-state index contributed by atoms with van der Waals surface area (Å²) in [6.07, 6.45) is 9.02. The molecule has 0 aliphatic rings. The molecule has 0 bridgehead atoms. The van der Waals surface area contributed by atoms with Gasteiger partial charge < -0.3 is 9.84 Å². The van der Waals surface area contributed by atoms with Crippen molar-refractivity contribution in [2.24, 2.45) is 0 Å². The minimum atomic E-state index is -0.721. The van der Waals surface area contributed by atoms with E-state index in [2.05, 4.69) is 6.92 Å². The first-order valence-electron chi connectivity index (χ1n) is 6.82. The van der Waals surface area contributed by atoms with Gasteiger partial charge in [-0.3, -0.25) is 0 Å². The third-order valence-electron chi connectivity index (χ3n) is 3.11. The van der Waals surface area contributed by atoms with Crippen LogP contribution in [-0.4, -0.2) is 23.4 Å². The summed E-state index contributed by atoms with van der Waals surface area (Å²) in [7, 11) is 0. The number of unbranched alkanes of at least 4 members (excludes halogenated alkanes) is 6. The second-order valence-electron chi connectivity index (χ2n) is 5.29. The Morgan fingerprint density at radius 1 is 1.00 bits per heavy atom. The first-order chi connectivity index (χ1) is 7.48. The van der Waals surface area contributed by atoms with Gasteiger partial charge in [0.2, 0.25) is 0 Å². The van der Waals surface area contributed by atoms with Crippen LogP contribution in [0.15, 0.2) is 0 Å². The SMILES string of the molecule is CCCCCCCCCOC(C)C(C)(C)O. The van der Waals surface area contributed by atoms with Crippen LogP contribution < -0.4 is 0 Å². The van der Waals surface area contributed by atoms with Crippen molar-refractivity contribution in [3.05, 3.63) is 0 Å². The van der Waals surface area contributed by atoms with Gasteiger partial charge in [-0.25, -0.2) is 0 Å². The van der Waals surface area contributed by atoms with Crippen LogP contribution in [0.4, 0.5) is 0 Å². The molecule has 0 aromatic heterocycles. The summed E-state index contributed by atoms with van der Waals surface area (Å²) >= 11 is 0. The van der Waals surface area contributed by atoms with E-state index in [1.807, 2.05) is 6.92 Å². The average Bonchev–Trinajstić information content (AvgIpc) is 2.20. The molecule has 0 saturated heterocycles. The predicted octanol–water partition coefficient (Wildman–Crippen LogP) is 3.91. The van der Waals surface area contributed by atoms with Gasteiger partial charge in [-0.1, -0.05) is 45.4 Å². The van der Waals surface area contributed by atoms with Crippen LogP contribution in [0.1, 0.15) is 72.6 Å². The molecule has 0 aliphatic heterocycles. The highest BCUT2D eigenvalue weighted by Gasteiger charge is 2.22. The molecule has 0 rings (SSSR count). The number of rotatable bonds is 10. The fraction of sp³-hybridized carbons (Fsp3) is 1.00. The molecule has 0 saturated carbocycles. The second-order valence-corrected chi connectivity index (χ2v) is 5.29. The summed E-state index contributed by atoms with van der Waals surface area (Å²) in [6.45, 7) is 8.54. The topological polar surface area (TPSA) is 29.5 Å². The minimum absolute atomic E-state index is 0.0763. The summed E-state index contributed by atoms with van der Waals surface area (Å²) in [4.78, 5) is 0. The van der Waals surface area contributed by atoms with Crippen molar-refractivity contribution in [1.82, 2.24) is 0 Å². The maximum absolute atomic E-state index is 9.66. The maximum atomic E-state index is 9.66. The van der Waals surface area contributed by atoms with E-state index in [1.165, 1.54) is 38.5 Å². The number of aliphatic hydroxyl groups is 1. The van der Waals surface area contributed by atoms with E-state index in [0.717, 1.165) is 13.0 Å². The molecular formula is C14H30O2. The Balaban J connectivity index is 3.21. The Morgan fingerprint density at radius 3 is 2.00 bits per heavy atom. The number of hydrogen-bond acceptors (Lipinski definition) is 2.